The van der Waals surface area contributed by atoms with E-state index >= 15 is 0 Å². The van der Waals surface area contributed by atoms with E-state index in [1.165, 1.54) is 0 Å². The second-order valence-corrected chi connectivity index (χ2v) is 4.05. The van der Waals surface area contributed by atoms with E-state index < -0.39 is 0 Å². The third-order valence-electron chi connectivity index (χ3n) is 2.64. The lowest BCUT2D eigenvalue weighted by atomic mass is 10.2. The summed E-state index contributed by atoms with van der Waals surface area (Å²) in [5.74, 6) is 1.48. The minimum Gasteiger partial charge on any atom is -0.493 e. The molecule has 0 unspecified atom stereocenters. The molecule has 0 heterocycles. The van der Waals surface area contributed by atoms with Crippen LogP contribution in [0.4, 0.5) is 0 Å². The molecule has 18 heavy (non-hydrogen) atoms. The van der Waals surface area contributed by atoms with E-state index in [1.807, 2.05) is 37.5 Å². The molecule has 0 bridgehead atoms. The number of nitrogens with two attached hydrogens (primary N) is 1. The number of methoxy groups -OCH3 is 2. The highest BCUT2D eigenvalue weighted by atomic mass is 16.5. The first kappa shape index (κ1) is 14.4. The van der Waals surface area contributed by atoms with Crippen LogP contribution < -0.4 is 15.2 Å². The fourth-order valence-electron chi connectivity index (χ4n) is 1.59. The van der Waals surface area contributed by atoms with Crippen LogP contribution in [0.15, 0.2) is 24.4 Å². The number of hydrogen-bond acceptors (Lipinski definition) is 4. The molecule has 0 fully saturated rings. The summed E-state index contributed by atoms with van der Waals surface area (Å²) < 4.78 is 10.5. The highest BCUT2D eigenvalue weighted by molar-refractivity contribution is 5.55. The Morgan fingerprint density at radius 2 is 1.94 bits per heavy atom. The maximum atomic E-state index is 5.47. The molecule has 1 aromatic rings. The van der Waals surface area contributed by atoms with Crippen molar-refractivity contribution in [1.82, 2.24) is 4.90 Å². The van der Waals surface area contributed by atoms with Crippen LogP contribution in [-0.2, 0) is 0 Å². The topological polar surface area (TPSA) is 47.7 Å². The standard InChI is InChI=1S/C14H22N2O2/c1-16(9-4-8-15)10-7-12-5-6-13(17-2)14(11-12)18-3/h5-7,10-11H,4,8-9,15H2,1-3H3/b10-7+. The predicted octanol–water partition coefficient (Wildman–Crippen LogP) is 1.96. The van der Waals surface area contributed by atoms with Crippen molar-refractivity contribution >= 4 is 6.08 Å². The summed E-state index contributed by atoms with van der Waals surface area (Å²) in [7, 11) is 5.31. The van der Waals surface area contributed by atoms with Gasteiger partial charge in [-0.25, -0.2) is 0 Å². The quantitative estimate of drug-likeness (QED) is 0.803. The van der Waals surface area contributed by atoms with E-state index in [4.69, 9.17) is 15.2 Å². The fraction of sp³-hybridized carbons (Fsp3) is 0.429. The largest absolute Gasteiger partial charge is 0.493 e. The van der Waals surface area contributed by atoms with Crippen molar-refractivity contribution in [2.45, 2.75) is 6.42 Å². The van der Waals surface area contributed by atoms with Gasteiger partial charge in [0.15, 0.2) is 11.5 Å². The summed E-state index contributed by atoms with van der Waals surface area (Å²) in [4.78, 5) is 2.11. The molecule has 0 aliphatic carbocycles. The fourth-order valence-corrected chi connectivity index (χ4v) is 1.59. The number of hydrogen-bond donors (Lipinski definition) is 1. The number of rotatable bonds is 7. The maximum absolute atomic E-state index is 5.47. The van der Waals surface area contributed by atoms with E-state index in [2.05, 4.69) is 4.90 Å². The SMILES string of the molecule is COc1ccc(/C=C/N(C)CCCN)cc1OC. The van der Waals surface area contributed by atoms with E-state index in [9.17, 15) is 0 Å². The van der Waals surface area contributed by atoms with E-state index in [0.717, 1.165) is 30.0 Å². The van der Waals surface area contributed by atoms with Crippen LogP contribution in [-0.4, -0.2) is 39.3 Å². The lowest BCUT2D eigenvalue weighted by Gasteiger charge is -2.13. The van der Waals surface area contributed by atoms with Crippen molar-refractivity contribution in [2.75, 3.05) is 34.4 Å². The van der Waals surface area contributed by atoms with Crippen molar-refractivity contribution < 1.29 is 9.47 Å². The van der Waals surface area contributed by atoms with Crippen LogP contribution >= 0.6 is 0 Å². The molecule has 4 nitrogen and oxygen atoms in total. The molecule has 100 valence electrons. The molecular weight excluding hydrogens is 228 g/mol. The molecule has 1 rings (SSSR count). The number of ether oxygens (including phenoxy) is 2. The Labute approximate surface area is 109 Å². The monoisotopic (exact) mass is 250 g/mol. The average molecular weight is 250 g/mol. The van der Waals surface area contributed by atoms with Crippen molar-refractivity contribution in [3.05, 3.63) is 30.0 Å². The van der Waals surface area contributed by atoms with Gasteiger partial charge in [-0.15, -0.1) is 0 Å². The highest BCUT2D eigenvalue weighted by Crippen LogP contribution is 2.27. The molecule has 2 N–H and O–H groups in total. The summed E-state index contributed by atoms with van der Waals surface area (Å²) in [6.07, 6.45) is 5.07. The molecule has 4 heteroatoms. The van der Waals surface area contributed by atoms with Gasteiger partial charge in [0.25, 0.3) is 0 Å². The molecule has 0 atom stereocenters. The Hall–Kier alpha value is -1.68. The zero-order valence-electron chi connectivity index (χ0n) is 11.3. The van der Waals surface area contributed by atoms with Crippen molar-refractivity contribution in [3.8, 4) is 11.5 Å². The smallest absolute Gasteiger partial charge is 0.161 e. The zero-order valence-corrected chi connectivity index (χ0v) is 11.3. The normalized spacial score (nSPS) is 10.7. The van der Waals surface area contributed by atoms with Gasteiger partial charge in [-0.1, -0.05) is 6.07 Å². The number of benzene rings is 1. The van der Waals surface area contributed by atoms with Crippen LogP contribution in [0.1, 0.15) is 12.0 Å². The van der Waals surface area contributed by atoms with Gasteiger partial charge in [0.1, 0.15) is 0 Å². The summed E-state index contributed by atoms with van der Waals surface area (Å²) in [6, 6.07) is 5.85. The van der Waals surface area contributed by atoms with Gasteiger partial charge < -0.3 is 20.1 Å². The van der Waals surface area contributed by atoms with Gasteiger partial charge in [-0.05, 0) is 42.9 Å². The third kappa shape index (κ3) is 4.30. The molecule has 0 aliphatic rings. The second-order valence-electron chi connectivity index (χ2n) is 4.05. The minimum atomic E-state index is 0.717. The molecule has 0 amide bonds. The van der Waals surface area contributed by atoms with Crippen LogP contribution in [0.5, 0.6) is 11.5 Å². The Morgan fingerprint density at radius 3 is 2.56 bits per heavy atom. The Bertz CT molecular complexity index is 391. The van der Waals surface area contributed by atoms with Gasteiger partial charge in [0.05, 0.1) is 14.2 Å². The maximum Gasteiger partial charge on any atom is 0.161 e. The molecule has 0 radical (unpaired) electrons. The average Bonchev–Trinajstić information content (AvgIpc) is 2.42. The summed E-state index contributed by atoms with van der Waals surface area (Å²) in [6.45, 7) is 1.68. The molecule has 0 saturated heterocycles. The van der Waals surface area contributed by atoms with Gasteiger partial charge >= 0.3 is 0 Å². The van der Waals surface area contributed by atoms with Gasteiger partial charge in [-0.3, -0.25) is 0 Å². The Balaban J connectivity index is 2.69. The molecule has 0 saturated carbocycles. The summed E-state index contributed by atoms with van der Waals surface area (Å²) >= 11 is 0. The van der Waals surface area contributed by atoms with Crippen LogP contribution in [0.25, 0.3) is 6.08 Å². The first-order chi connectivity index (χ1) is 8.71. The van der Waals surface area contributed by atoms with Crippen molar-refractivity contribution in [3.63, 3.8) is 0 Å². The molecule has 0 spiro atoms. The first-order valence-electron chi connectivity index (χ1n) is 6.01. The first-order valence-corrected chi connectivity index (χ1v) is 6.01. The van der Waals surface area contributed by atoms with Gasteiger partial charge in [0, 0.05) is 13.6 Å². The van der Waals surface area contributed by atoms with Crippen LogP contribution in [0.3, 0.4) is 0 Å². The zero-order chi connectivity index (χ0) is 13.4. The van der Waals surface area contributed by atoms with Gasteiger partial charge in [0.2, 0.25) is 0 Å². The van der Waals surface area contributed by atoms with E-state index in [-0.39, 0.29) is 0 Å². The van der Waals surface area contributed by atoms with Crippen molar-refractivity contribution in [1.29, 1.82) is 0 Å². The lowest BCUT2D eigenvalue weighted by molar-refractivity contribution is 0.355. The third-order valence-corrected chi connectivity index (χ3v) is 2.64. The molecular formula is C14H22N2O2. The summed E-state index contributed by atoms with van der Waals surface area (Å²) in [5.41, 5.74) is 6.55. The highest BCUT2D eigenvalue weighted by Gasteiger charge is 2.02. The van der Waals surface area contributed by atoms with Crippen LogP contribution in [0.2, 0.25) is 0 Å². The van der Waals surface area contributed by atoms with E-state index in [1.54, 1.807) is 14.2 Å². The van der Waals surface area contributed by atoms with Crippen LogP contribution in [0, 0.1) is 0 Å². The molecule has 0 aliphatic heterocycles. The minimum absolute atomic E-state index is 0.717. The Morgan fingerprint density at radius 1 is 1.22 bits per heavy atom. The van der Waals surface area contributed by atoms with Gasteiger partial charge in [-0.2, -0.15) is 0 Å². The van der Waals surface area contributed by atoms with Crippen molar-refractivity contribution in [2.24, 2.45) is 5.73 Å². The summed E-state index contributed by atoms with van der Waals surface area (Å²) in [5, 5.41) is 0. The molecule has 1 aromatic carbocycles. The predicted molar refractivity (Wildman–Crippen MR) is 74.9 cm³/mol. The second kappa shape index (κ2) is 7.61. The van der Waals surface area contributed by atoms with E-state index in [0.29, 0.717) is 6.54 Å². The lowest BCUT2D eigenvalue weighted by Crippen LogP contribution is -2.15. The number of nitrogens with zero attached hydrogens (tertiary/aromatic N) is 1. The molecule has 0 aromatic heterocycles. The Kier molecular flexibility index (Phi) is 6.08.